The van der Waals surface area contributed by atoms with E-state index in [0.717, 1.165) is 28.6 Å². The number of rotatable bonds is 5. The molecule has 0 unspecified atom stereocenters. The topological polar surface area (TPSA) is 97.6 Å². The maximum Gasteiger partial charge on any atom is 0.270 e. The highest BCUT2D eigenvalue weighted by atomic mass is 32.2. The fourth-order valence-electron chi connectivity index (χ4n) is 3.64. The Balaban J connectivity index is 1.81. The number of hydrogen-bond donors (Lipinski definition) is 0. The minimum absolute atomic E-state index is 0.0173. The normalized spacial score (nSPS) is 17.1. The Labute approximate surface area is 199 Å². The van der Waals surface area contributed by atoms with Crippen molar-refractivity contribution < 1.29 is 26.9 Å². The molecule has 1 heterocycles. The van der Waals surface area contributed by atoms with Crippen molar-refractivity contribution in [2.45, 2.75) is 4.90 Å². The Hall–Kier alpha value is -4.02. The van der Waals surface area contributed by atoms with Crippen LogP contribution in [0.2, 0.25) is 0 Å². The van der Waals surface area contributed by atoms with Crippen molar-refractivity contribution in [3.05, 3.63) is 117 Å². The molecule has 7 nitrogen and oxygen atoms in total. The molecule has 0 amide bonds. The van der Waals surface area contributed by atoms with Crippen LogP contribution in [0.25, 0.3) is 12.2 Å². The number of nitro groups is 1. The molecule has 0 aromatic heterocycles. The Morgan fingerprint density at radius 2 is 1.54 bits per heavy atom. The maximum absolute atomic E-state index is 14.3. The van der Waals surface area contributed by atoms with Gasteiger partial charge >= 0.3 is 0 Å². The van der Waals surface area contributed by atoms with E-state index in [4.69, 9.17) is 0 Å². The lowest BCUT2D eigenvalue weighted by Crippen LogP contribution is -2.41. The quantitative estimate of drug-likeness (QED) is 0.292. The zero-order valence-electron chi connectivity index (χ0n) is 18.1. The summed E-state index contributed by atoms with van der Waals surface area (Å²) >= 11 is 0. The third-order valence-corrected chi connectivity index (χ3v) is 7.19. The van der Waals surface area contributed by atoms with Crippen LogP contribution in [0.15, 0.2) is 88.8 Å². The number of piperidine rings is 1. The first kappa shape index (κ1) is 24.1. The van der Waals surface area contributed by atoms with Gasteiger partial charge in [-0.1, -0.05) is 30.3 Å². The van der Waals surface area contributed by atoms with Gasteiger partial charge in [-0.15, -0.1) is 0 Å². The van der Waals surface area contributed by atoms with Crippen LogP contribution in [0.5, 0.6) is 0 Å². The van der Waals surface area contributed by atoms with E-state index in [-0.39, 0.29) is 40.4 Å². The third kappa shape index (κ3) is 5.23. The van der Waals surface area contributed by atoms with Gasteiger partial charge in [0.05, 0.1) is 9.82 Å². The van der Waals surface area contributed by atoms with Crippen LogP contribution in [0.3, 0.4) is 0 Å². The highest BCUT2D eigenvalue weighted by molar-refractivity contribution is 7.89. The molecule has 35 heavy (non-hydrogen) atoms. The lowest BCUT2D eigenvalue weighted by atomic mass is 9.95. The molecule has 0 radical (unpaired) electrons. The van der Waals surface area contributed by atoms with Crippen LogP contribution < -0.4 is 0 Å². The molecule has 178 valence electrons. The van der Waals surface area contributed by atoms with Gasteiger partial charge in [0.1, 0.15) is 11.6 Å². The average molecular weight is 496 g/mol. The van der Waals surface area contributed by atoms with E-state index in [1.807, 2.05) is 0 Å². The first-order valence-electron chi connectivity index (χ1n) is 10.4. The van der Waals surface area contributed by atoms with Gasteiger partial charge < -0.3 is 0 Å². The van der Waals surface area contributed by atoms with Crippen LogP contribution in [0.1, 0.15) is 11.1 Å². The third-order valence-electron chi connectivity index (χ3n) is 5.38. The molecule has 3 aromatic rings. The second kappa shape index (κ2) is 9.69. The number of carbonyl (C=O) groups is 1. The van der Waals surface area contributed by atoms with E-state index in [1.54, 1.807) is 12.1 Å². The second-order valence-corrected chi connectivity index (χ2v) is 9.71. The molecule has 0 atom stereocenters. The molecule has 0 bridgehead atoms. The van der Waals surface area contributed by atoms with Crippen molar-refractivity contribution in [2.24, 2.45) is 0 Å². The van der Waals surface area contributed by atoms with Gasteiger partial charge in [-0.2, -0.15) is 4.31 Å². The molecule has 1 fully saturated rings. The summed E-state index contributed by atoms with van der Waals surface area (Å²) in [6, 6.07) is 15.5. The molecule has 4 rings (SSSR count). The summed E-state index contributed by atoms with van der Waals surface area (Å²) in [6.45, 7) is -0.658. The van der Waals surface area contributed by atoms with Crippen molar-refractivity contribution >= 4 is 33.6 Å². The van der Waals surface area contributed by atoms with Crippen molar-refractivity contribution in [3.63, 3.8) is 0 Å². The number of hydrogen-bond acceptors (Lipinski definition) is 5. The molecule has 0 aliphatic carbocycles. The highest BCUT2D eigenvalue weighted by Crippen LogP contribution is 2.28. The monoisotopic (exact) mass is 496 g/mol. The van der Waals surface area contributed by atoms with E-state index in [2.05, 4.69) is 0 Å². The first-order chi connectivity index (χ1) is 16.6. The second-order valence-electron chi connectivity index (χ2n) is 7.77. The number of Topliss-reactive ketones (excluding diaryl/α,β-unsaturated/α-hetero) is 1. The Bertz CT molecular complexity index is 1480. The molecule has 1 aliphatic heterocycles. The van der Waals surface area contributed by atoms with Crippen LogP contribution in [0.4, 0.5) is 14.5 Å². The van der Waals surface area contributed by atoms with Gasteiger partial charge in [-0.3, -0.25) is 14.9 Å². The standard InChI is InChI=1S/C25H18F2N2O5S/c26-21-8-10-23(11-9-21)35(33,34)28-15-19(12-17-4-3-6-22(13-17)29(31)32)25(30)20(16-28)14-18-5-1-2-7-24(18)27/h1-14H,15-16H2. The zero-order chi connectivity index (χ0) is 25.2. The van der Waals surface area contributed by atoms with E-state index in [0.29, 0.717) is 5.56 Å². The number of halogens is 2. The fraction of sp³-hybridized carbons (Fsp3) is 0.0800. The smallest absolute Gasteiger partial charge is 0.270 e. The number of ketones is 1. The summed E-state index contributed by atoms with van der Waals surface area (Å²) in [7, 11) is -4.15. The number of nitrogens with zero attached hydrogens (tertiary/aromatic N) is 2. The molecule has 3 aromatic carbocycles. The molecule has 0 N–H and O–H groups in total. The van der Waals surface area contributed by atoms with Gasteiger partial charge in [0.2, 0.25) is 10.0 Å². The number of sulfonamides is 1. The largest absolute Gasteiger partial charge is 0.289 e. The first-order valence-corrected chi connectivity index (χ1v) is 11.8. The summed E-state index contributed by atoms with van der Waals surface area (Å²) in [6.07, 6.45) is 2.65. The van der Waals surface area contributed by atoms with E-state index in [9.17, 15) is 32.1 Å². The maximum atomic E-state index is 14.3. The number of non-ortho nitro benzene ring substituents is 1. The van der Waals surface area contributed by atoms with Crippen molar-refractivity contribution in [1.29, 1.82) is 0 Å². The van der Waals surface area contributed by atoms with E-state index < -0.39 is 32.4 Å². The van der Waals surface area contributed by atoms with Crippen LogP contribution in [-0.2, 0) is 14.8 Å². The van der Waals surface area contributed by atoms with Gasteiger partial charge in [0, 0.05) is 41.9 Å². The van der Waals surface area contributed by atoms with Crippen molar-refractivity contribution in [2.75, 3.05) is 13.1 Å². The van der Waals surface area contributed by atoms with Crippen molar-refractivity contribution in [1.82, 2.24) is 4.31 Å². The molecule has 1 saturated heterocycles. The lowest BCUT2D eigenvalue weighted by Gasteiger charge is -2.29. The predicted octanol–water partition coefficient (Wildman–Crippen LogP) is 4.61. The molecular formula is C25H18F2N2O5S. The summed E-state index contributed by atoms with van der Waals surface area (Å²) in [4.78, 5) is 23.6. The van der Waals surface area contributed by atoms with Crippen LogP contribution >= 0.6 is 0 Å². The zero-order valence-corrected chi connectivity index (χ0v) is 18.9. The molecule has 10 heteroatoms. The summed E-state index contributed by atoms with van der Waals surface area (Å²) < 4.78 is 55.2. The van der Waals surface area contributed by atoms with Gasteiger partial charge in [-0.25, -0.2) is 17.2 Å². The van der Waals surface area contributed by atoms with Crippen molar-refractivity contribution in [3.8, 4) is 0 Å². The van der Waals surface area contributed by atoms with Crippen LogP contribution in [-0.4, -0.2) is 36.5 Å². The van der Waals surface area contributed by atoms with E-state index >= 15 is 0 Å². The summed E-state index contributed by atoms with van der Waals surface area (Å²) in [5, 5.41) is 11.1. The number of carbonyl (C=O) groups excluding carboxylic acids is 1. The van der Waals surface area contributed by atoms with Crippen LogP contribution in [0, 0.1) is 21.7 Å². The molecular weight excluding hydrogens is 478 g/mol. The molecule has 1 aliphatic rings. The Morgan fingerprint density at radius 3 is 2.20 bits per heavy atom. The highest BCUT2D eigenvalue weighted by Gasteiger charge is 2.34. The summed E-state index contributed by atoms with van der Waals surface area (Å²) in [5.41, 5.74) is 0.301. The van der Waals surface area contributed by atoms with Gasteiger partial charge in [0.15, 0.2) is 5.78 Å². The number of benzene rings is 3. The van der Waals surface area contributed by atoms with Gasteiger partial charge in [-0.05, 0) is 48.0 Å². The van der Waals surface area contributed by atoms with Gasteiger partial charge in [0.25, 0.3) is 5.69 Å². The fourth-order valence-corrected chi connectivity index (χ4v) is 5.04. The Kier molecular flexibility index (Phi) is 6.68. The average Bonchev–Trinajstić information content (AvgIpc) is 2.83. The molecule has 0 spiro atoms. The molecule has 0 saturated carbocycles. The SMILES string of the molecule is O=C1C(=Cc2cccc([N+](=O)[O-])c2)CN(S(=O)(=O)c2ccc(F)cc2)CC1=Cc1ccccc1F. The lowest BCUT2D eigenvalue weighted by molar-refractivity contribution is -0.384. The van der Waals surface area contributed by atoms with E-state index in [1.165, 1.54) is 48.6 Å². The number of nitro benzene ring substituents is 1. The minimum Gasteiger partial charge on any atom is -0.289 e. The summed E-state index contributed by atoms with van der Waals surface area (Å²) in [5.74, 6) is -1.70. The predicted molar refractivity (Wildman–Crippen MR) is 126 cm³/mol. The Morgan fingerprint density at radius 1 is 0.886 bits per heavy atom. The minimum atomic E-state index is -4.15.